The fourth-order valence-corrected chi connectivity index (χ4v) is 5.10. The Morgan fingerprint density at radius 1 is 0.314 bits per heavy atom. The molecule has 400 valence electrons. The van der Waals surface area contributed by atoms with Gasteiger partial charge in [-0.1, -0.05) is 55.4 Å². The van der Waals surface area contributed by atoms with E-state index in [-0.39, 0.29) is 70.2 Å². The van der Waals surface area contributed by atoms with Crippen molar-refractivity contribution in [3.63, 3.8) is 0 Å². The Morgan fingerprint density at radius 3 is 0.529 bits per heavy atom. The van der Waals surface area contributed by atoms with E-state index in [1.807, 2.05) is 55.4 Å². The van der Waals surface area contributed by atoms with Gasteiger partial charge in [0.1, 0.15) is 46.0 Å². The fraction of sp³-hybridized carbons (Fsp3) is 0.455. The Morgan fingerprint density at radius 2 is 0.429 bits per heavy atom. The number of aliphatic hydroxyl groups excluding tert-OH is 4. The Bertz CT molecular complexity index is 1930. The van der Waals surface area contributed by atoms with Crippen LogP contribution in [0.3, 0.4) is 0 Å². The van der Waals surface area contributed by atoms with Crippen LogP contribution in [0, 0.1) is 0 Å². The predicted octanol–water partition coefficient (Wildman–Crippen LogP) is 3.21. The summed E-state index contributed by atoms with van der Waals surface area (Å²) in [6.07, 6.45) is -2.92. The van der Waals surface area contributed by atoms with E-state index in [4.69, 9.17) is 35.0 Å². The van der Waals surface area contributed by atoms with Crippen molar-refractivity contribution in [3.05, 3.63) is 95.1 Å². The van der Waals surface area contributed by atoms with Crippen LogP contribution in [-0.2, 0) is 20.8 Å². The van der Waals surface area contributed by atoms with Crippen LogP contribution in [0.5, 0.6) is 46.0 Å². The Hall–Kier alpha value is -5.30. The number of aliphatic hydroxyl groups is 4. The highest BCUT2D eigenvalue weighted by Crippen LogP contribution is 2.27. The molecule has 0 aromatic heterocycles. The van der Waals surface area contributed by atoms with Crippen molar-refractivity contribution >= 4 is 20.8 Å². The van der Waals surface area contributed by atoms with Crippen LogP contribution in [0.1, 0.15) is 102 Å². The van der Waals surface area contributed by atoms with Gasteiger partial charge in [0.15, 0.2) is 0 Å². The van der Waals surface area contributed by atoms with E-state index in [1.165, 1.54) is 72.8 Å². The van der Waals surface area contributed by atoms with E-state index in [0.29, 0.717) is 48.4 Å². The molecule has 20 N–H and O–H groups in total. The van der Waals surface area contributed by atoms with Gasteiger partial charge in [0.25, 0.3) is 0 Å². The zero-order chi connectivity index (χ0) is 54.7. The van der Waals surface area contributed by atoms with Gasteiger partial charge in [-0.05, 0) is 70.8 Å². The van der Waals surface area contributed by atoms with Crippen LogP contribution < -0.4 is 21.3 Å². The lowest BCUT2D eigenvalue weighted by molar-refractivity contribution is 0.170. The average Bonchev–Trinajstić information content (AvgIpc) is 3.18. The first-order valence-corrected chi connectivity index (χ1v) is 23.9. The zero-order valence-corrected chi connectivity index (χ0v) is 41.6. The zero-order valence-electron chi connectivity index (χ0n) is 40.0. The summed E-state index contributed by atoms with van der Waals surface area (Å²) >= 11 is 0. The lowest BCUT2D eigenvalue weighted by atomic mass is 10.1. The number of aromatic hydroxyl groups is 8. The molecule has 0 saturated heterocycles. The second-order valence-corrected chi connectivity index (χ2v) is 18.1. The lowest BCUT2D eigenvalue weighted by Crippen LogP contribution is -2.27. The smallest absolute Gasteiger partial charge is 0.394 e. The molecular weight excluding hydrogens is 969 g/mol. The number of rotatable bonds is 16. The van der Waals surface area contributed by atoms with Gasteiger partial charge in [-0.3, -0.25) is 18.2 Å². The highest BCUT2D eigenvalue weighted by Gasteiger charge is 2.13. The average molecular weight is 1040 g/mol. The fourth-order valence-electron chi connectivity index (χ4n) is 5.10. The Labute approximate surface area is 408 Å². The van der Waals surface area contributed by atoms with Crippen molar-refractivity contribution in [3.8, 4) is 46.0 Å². The molecule has 0 aliphatic heterocycles. The first-order chi connectivity index (χ1) is 31.9. The number of benzene rings is 4. The highest BCUT2D eigenvalue weighted by molar-refractivity contribution is 7.80. The summed E-state index contributed by atoms with van der Waals surface area (Å²) in [5, 5.41) is 125. The molecule has 4 aromatic carbocycles. The summed E-state index contributed by atoms with van der Waals surface area (Å²) < 4.78 is 63.2. The molecule has 0 radical (unpaired) electrons. The molecule has 0 saturated carbocycles. The van der Waals surface area contributed by atoms with E-state index >= 15 is 0 Å². The third kappa shape index (κ3) is 38.5. The monoisotopic (exact) mass is 1040 g/mol. The first-order valence-electron chi connectivity index (χ1n) is 21.1. The number of hydrogen-bond acceptors (Lipinski definition) is 20. The standard InChI is InChI=1S/4C11H17NO3.2H2O4S/c4*1-7(2)12-6-11(15)8-3-9(13)5-10(14)4-8;2*1-5(2,3)4/h4*3-5,7,11-15H,6H2,1-2H3;2*(H2,1,2,3,4). The summed E-state index contributed by atoms with van der Waals surface area (Å²) in [4.78, 5) is 0. The molecule has 0 spiro atoms. The van der Waals surface area contributed by atoms with E-state index in [2.05, 4.69) is 21.3 Å². The molecule has 4 atom stereocenters. The summed E-state index contributed by atoms with van der Waals surface area (Å²) in [5.41, 5.74) is 2.00. The van der Waals surface area contributed by atoms with Crippen molar-refractivity contribution in [2.45, 2.75) is 104 Å². The normalized spacial score (nSPS) is 12.9. The maximum Gasteiger partial charge on any atom is 0.394 e. The second-order valence-electron chi connectivity index (χ2n) is 16.3. The summed E-state index contributed by atoms with van der Waals surface area (Å²) in [5.74, 6) is -0.381. The molecule has 70 heavy (non-hydrogen) atoms. The van der Waals surface area contributed by atoms with Crippen LogP contribution in [0.15, 0.2) is 72.8 Å². The Balaban J connectivity index is 0. The van der Waals surface area contributed by atoms with Gasteiger partial charge in [0.05, 0.1) is 24.4 Å². The molecule has 0 amide bonds. The van der Waals surface area contributed by atoms with E-state index < -0.39 is 45.2 Å². The highest BCUT2D eigenvalue weighted by atomic mass is 32.3. The molecule has 26 heteroatoms. The summed E-state index contributed by atoms with van der Waals surface area (Å²) in [6, 6.07) is 17.5. The van der Waals surface area contributed by atoms with Gasteiger partial charge in [-0.25, -0.2) is 0 Å². The van der Waals surface area contributed by atoms with Crippen LogP contribution in [0.4, 0.5) is 0 Å². The molecule has 0 fully saturated rings. The number of nitrogens with one attached hydrogen (secondary N) is 4. The van der Waals surface area contributed by atoms with Crippen molar-refractivity contribution in [2.75, 3.05) is 26.2 Å². The molecule has 0 bridgehead atoms. The minimum absolute atomic E-state index is 0.0476. The second kappa shape index (κ2) is 33.3. The van der Waals surface area contributed by atoms with Gasteiger partial charge in [0.2, 0.25) is 0 Å². The number of phenolic OH excluding ortho intramolecular Hbond substituents is 8. The maximum atomic E-state index is 9.73. The van der Waals surface area contributed by atoms with Crippen LogP contribution in [0.25, 0.3) is 0 Å². The van der Waals surface area contributed by atoms with E-state index in [1.54, 1.807) is 0 Å². The predicted molar refractivity (Wildman–Crippen MR) is 260 cm³/mol. The molecule has 24 nitrogen and oxygen atoms in total. The van der Waals surface area contributed by atoms with Gasteiger partial charge in [-0.15, -0.1) is 0 Å². The van der Waals surface area contributed by atoms with Gasteiger partial charge in [-0.2, -0.15) is 16.8 Å². The topological polar surface area (TPSA) is 440 Å². The lowest BCUT2D eigenvalue weighted by Gasteiger charge is -2.14. The van der Waals surface area contributed by atoms with Gasteiger partial charge in [0, 0.05) is 74.6 Å². The maximum absolute atomic E-state index is 9.73. The molecular formula is C44H72N4O20S2. The molecule has 4 rings (SSSR count). The van der Waals surface area contributed by atoms with Crippen molar-refractivity contribution < 1.29 is 96.3 Å². The van der Waals surface area contributed by atoms with Crippen molar-refractivity contribution in [2.24, 2.45) is 0 Å². The Kier molecular flexibility index (Phi) is 31.8. The molecule has 0 aliphatic carbocycles. The van der Waals surface area contributed by atoms with Crippen LogP contribution in [-0.4, -0.2) is 147 Å². The molecule has 0 heterocycles. The minimum atomic E-state index is -4.67. The number of hydrogen-bond donors (Lipinski definition) is 20. The SMILES string of the molecule is CC(C)NCC(O)c1cc(O)cc(O)c1.CC(C)NCC(O)c1cc(O)cc(O)c1.CC(C)NCC(O)c1cc(O)cc(O)c1.CC(C)NCC(O)c1cc(O)cc(O)c1.O=S(=O)(O)O.O=S(=O)(O)O. The third-order valence-electron chi connectivity index (χ3n) is 8.12. The van der Waals surface area contributed by atoms with E-state index in [0.717, 1.165) is 0 Å². The van der Waals surface area contributed by atoms with Crippen molar-refractivity contribution in [1.82, 2.24) is 21.3 Å². The summed E-state index contributed by atoms with van der Waals surface area (Å²) in [6.45, 7) is 17.4. The van der Waals surface area contributed by atoms with Gasteiger partial charge < -0.3 is 82.5 Å². The number of phenols is 8. The third-order valence-corrected chi connectivity index (χ3v) is 8.12. The minimum Gasteiger partial charge on any atom is -0.508 e. The quantitative estimate of drug-likeness (QED) is 0.0716. The first kappa shape index (κ1) is 66.8. The van der Waals surface area contributed by atoms with Crippen LogP contribution in [0.2, 0.25) is 0 Å². The summed E-state index contributed by atoms with van der Waals surface area (Å²) in [7, 11) is -9.33. The molecule has 0 aliphatic rings. The van der Waals surface area contributed by atoms with Gasteiger partial charge >= 0.3 is 20.8 Å². The molecule has 4 aromatic rings. The van der Waals surface area contributed by atoms with E-state index in [9.17, 15) is 61.3 Å². The van der Waals surface area contributed by atoms with Crippen LogP contribution >= 0.6 is 0 Å². The largest absolute Gasteiger partial charge is 0.508 e. The van der Waals surface area contributed by atoms with Crippen molar-refractivity contribution in [1.29, 1.82) is 0 Å². The molecule has 4 unspecified atom stereocenters.